The Labute approximate surface area is 311 Å². The van der Waals surface area contributed by atoms with E-state index in [0.717, 1.165) is 0 Å². The van der Waals surface area contributed by atoms with Crippen molar-refractivity contribution in [2.75, 3.05) is 21.2 Å². The van der Waals surface area contributed by atoms with Gasteiger partial charge in [0.15, 0.2) is 6.29 Å². The van der Waals surface area contributed by atoms with Crippen LogP contribution in [0.2, 0.25) is 0 Å². The highest BCUT2D eigenvalue weighted by Crippen LogP contribution is 2.38. The first-order valence-electron chi connectivity index (χ1n) is 18.2. The minimum atomic E-state index is -1.57. The summed E-state index contributed by atoms with van der Waals surface area (Å²) in [6.07, 6.45) is -8.86. The Hall–Kier alpha value is -3.25. The molecule has 2 aliphatic rings. The van der Waals surface area contributed by atoms with Crippen LogP contribution in [0.15, 0.2) is 24.3 Å². The van der Waals surface area contributed by atoms with Crippen molar-refractivity contribution in [3.05, 3.63) is 39.9 Å². The lowest BCUT2D eigenvalue weighted by Gasteiger charge is -2.48. The van der Waals surface area contributed by atoms with Gasteiger partial charge in [-0.1, -0.05) is 32.9 Å². The molecule has 2 saturated heterocycles. The summed E-state index contributed by atoms with van der Waals surface area (Å²) >= 11 is 0. The third kappa shape index (κ3) is 10.9. The fraction of sp³-hybridized carbons (Fsp3) is 0.757. The topological polar surface area (TPSA) is 216 Å². The number of methoxy groups -OCH3 is 1. The van der Waals surface area contributed by atoms with Crippen LogP contribution in [0.1, 0.15) is 73.3 Å². The zero-order valence-corrected chi connectivity index (χ0v) is 32.5. The molecule has 1 aromatic rings. The largest absolute Gasteiger partial charge is 0.461 e. The summed E-state index contributed by atoms with van der Waals surface area (Å²) in [6.45, 7) is 11.6. The fourth-order valence-corrected chi connectivity index (χ4v) is 7.33. The van der Waals surface area contributed by atoms with Crippen LogP contribution in [0.3, 0.4) is 0 Å². The van der Waals surface area contributed by atoms with Crippen LogP contribution < -0.4 is 5.32 Å². The van der Waals surface area contributed by atoms with Crippen molar-refractivity contribution in [3.8, 4) is 0 Å². The number of benzene rings is 1. The molecule has 53 heavy (non-hydrogen) atoms. The van der Waals surface area contributed by atoms with Crippen LogP contribution in [-0.4, -0.2) is 131 Å². The Kier molecular flexibility index (Phi) is 15.7. The highest BCUT2D eigenvalue weighted by atomic mass is 16.7. The Morgan fingerprint density at radius 2 is 1.68 bits per heavy atom. The smallest absolute Gasteiger partial charge is 0.312 e. The SMILES string of the molecule is CC[C@H]1OC(=O)[C@H](C)[C@@H](OC(=O)Cc2ccc([N+](=O)[O-])cc2)[C@H](C)[C@@H](O[C@@H]2O[C@H](C)C[C@@H](N(C)C)[C@H]2O)[C@](C)(OC)C[C@@H](C)C(=O)N[C@H](C)[C@@H](O)[C@@H]1O. The monoisotopic (exact) mass is 753 g/mol. The molecule has 0 radical (unpaired) electrons. The Morgan fingerprint density at radius 3 is 2.23 bits per heavy atom. The van der Waals surface area contributed by atoms with Gasteiger partial charge in [0.05, 0.1) is 41.1 Å². The molecule has 1 aromatic carbocycles. The average Bonchev–Trinajstić information content (AvgIpc) is 3.11. The van der Waals surface area contributed by atoms with E-state index in [0.29, 0.717) is 12.0 Å². The van der Waals surface area contributed by atoms with Crippen molar-refractivity contribution in [3.63, 3.8) is 0 Å². The van der Waals surface area contributed by atoms with Crippen LogP contribution in [0.25, 0.3) is 0 Å². The highest BCUT2D eigenvalue weighted by Gasteiger charge is 2.51. The second-order valence-corrected chi connectivity index (χ2v) is 15.1. The number of nitrogens with zero attached hydrogens (tertiary/aromatic N) is 2. The lowest BCUT2D eigenvalue weighted by atomic mass is 9.77. The molecule has 1 amide bonds. The average molecular weight is 754 g/mol. The van der Waals surface area contributed by atoms with Gasteiger partial charge in [-0.25, -0.2) is 0 Å². The standard InChI is InChI=1S/C37H59N3O13/c1-11-27-31(44)29(42)23(6)38-34(45)19(2)18-37(7,49-10)33(53-36-30(43)26(39(8)9)16-20(3)50-36)21(4)32(22(5)35(46)51-27)52-28(41)17-24-12-14-25(15-13-24)40(47)48/h12-15,19-23,26-27,29-33,36,42-44H,11,16-18H2,1-10H3,(H,38,45)/t19-,20-,21+,22-,23-,26-,27-,29-,30-,31-,32+,33-,36+,37-/m1/s1. The normalized spacial score (nSPS) is 37.9. The molecule has 16 nitrogen and oxygen atoms in total. The quantitative estimate of drug-likeness (QED) is 0.162. The highest BCUT2D eigenvalue weighted by molar-refractivity contribution is 5.79. The van der Waals surface area contributed by atoms with Gasteiger partial charge in [-0.05, 0) is 66.6 Å². The molecule has 2 fully saturated rings. The van der Waals surface area contributed by atoms with Crippen molar-refractivity contribution >= 4 is 23.5 Å². The number of esters is 2. The van der Waals surface area contributed by atoms with Crippen LogP contribution in [0.5, 0.6) is 0 Å². The van der Waals surface area contributed by atoms with Crippen molar-refractivity contribution in [2.45, 2.75) is 141 Å². The van der Waals surface area contributed by atoms with Gasteiger partial charge in [-0.2, -0.15) is 0 Å². The number of cyclic esters (lactones) is 1. The number of non-ortho nitro benzene ring substituents is 1. The van der Waals surface area contributed by atoms with Gasteiger partial charge in [0.25, 0.3) is 5.69 Å². The maximum absolute atomic E-state index is 13.9. The summed E-state index contributed by atoms with van der Waals surface area (Å²) in [5, 5.41) is 47.5. The van der Waals surface area contributed by atoms with Gasteiger partial charge < -0.3 is 49.2 Å². The predicted molar refractivity (Wildman–Crippen MR) is 191 cm³/mol. The zero-order chi connectivity index (χ0) is 39.9. The van der Waals surface area contributed by atoms with Crippen molar-refractivity contribution < 1.29 is 58.3 Å². The lowest BCUT2D eigenvalue weighted by molar-refractivity contribution is -0.384. The Bertz CT molecular complexity index is 1400. The molecule has 0 aromatic heterocycles. The molecule has 0 unspecified atom stereocenters. The molecule has 0 saturated carbocycles. The minimum absolute atomic E-state index is 0.0328. The maximum Gasteiger partial charge on any atom is 0.312 e. The second-order valence-electron chi connectivity index (χ2n) is 15.1. The maximum atomic E-state index is 13.9. The molecular weight excluding hydrogens is 694 g/mol. The van der Waals surface area contributed by atoms with Crippen LogP contribution in [0.4, 0.5) is 5.69 Å². The minimum Gasteiger partial charge on any atom is -0.461 e. The number of nitro groups is 1. The van der Waals surface area contributed by atoms with Gasteiger partial charge >= 0.3 is 11.9 Å². The zero-order valence-electron chi connectivity index (χ0n) is 32.5. The van der Waals surface area contributed by atoms with Crippen LogP contribution in [-0.2, 0) is 44.5 Å². The number of hydrogen-bond acceptors (Lipinski definition) is 14. The van der Waals surface area contributed by atoms with E-state index in [1.807, 2.05) is 25.9 Å². The van der Waals surface area contributed by atoms with E-state index >= 15 is 0 Å². The number of aliphatic hydroxyl groups is 3. The predicted octanol–water partition coefficient (Wildman–Crippen LogP) is 2.13. The Balaban J connectivity index is 2.15. The Morgan fingerprint density at radius 1 is 1.06 bits per heavy atom. The number of carbonyl (C=O) groups is 3. The summed E-state index contributed by atoms with van der Waals surface area (Å²) < 4.78 is 30.8. The summed E-state index contributed by atoms with van der Waals surface area (Å²) in [5.74, 6) is -4.87. The second kappa shape index (κ2) is 18.9. The number of aliphatic hydroxyl groups excluding tert-OH is 3. The van der Waals surface area contributed by atoms with Gasteiger partial charge in [-0.3, -0.25) is 24.5 Å². The van der Waals surface area contributed by atoms with Crippen molar-refractivity contribution in [1.29, 1.82) is 0 Å². The number of amides is 1. The first kappa shape index (κ1) is 44.1. The van der Waals surface area contributed by atoms with E-state index in [4.69, 9.17) is 23.7 Å². The number of carbonyl (C=O) groups excluding carboxylic acids is 3. The number of nitro benzene ring substituents is 1. The third-order valence-electron chi connectivity index (χ3n) is 10.7. The molecule has 2 heterocycles. The van der Waals surface area contributed by atoms with Gasteiger partial charge in [0.2, 0.25) is 5.91 Å². The van der Waals surface area contributed by atoms with E-state index in [-0.39, 0.29) is 37.1 Å². The number of hydrogen-bond donors (Lipinski definition) is 4. The molecule has 0 aliphatic carbocycles. The lowest BCUT2D eigenvalue weighted by Crippen LogP contribution is -2.60. The number of nitrogens with one attached hydrogen (secondary N) is 1. The number of likely N-dealkylation sites (N-methyl/N-ethyl adjacent to an activating group) is 1. The molecule has 16 heteroatoms. The summed E-state index contributed by atoms with van der Waals surface area (Å²) in [6, 6.07) is 4.13. The molecule has 0 spiro atoms. The third-order valence-corrected chi connectivity index (χ3v) is 10.7. The summed E-state index contributed by atoms with van der Waals surface area (Å²) in [5.41, 5.74) is -1.07. The fourth-order valence-electron chi connectivity index (χ4n) is 7.33. The number of ether oxygens (including phenoxy) is 5. The van der Waals surface area contributed by atoms with Gasteiger partial charge in [0, 0.05) is 37.1 Å². The number of rotatable bonds is 9. The molecule has 4 N–H and O–H groups in total. The van der Waals surface area contributed by atoms with E-state index in [2.05, 4.69) is 5.32 Å². The first-order valence-corrected chi connectivity index (χ1v) is 18.2. The summed E-state index contributed by atoms with van der Waals surface area (Å²) in [7, 11) is 5.11. The van der Waals surface area contributed by atoms with Crippen molar-refractivity contribution in [1.82, 2.24) is 10.2 Å². The van der Waals surface area contributed by atoms with Crippen LogP contribution in [0, 0.1) is 27.9 Å². The van der Waals surface area contributed by atoms with E-state index in [1.54, 1.807) is 27.7 Å². The van der Waals surface area contributed by atoms with Crippen molar-refractivity contribution in [2.24, 2.45) is 17.8 Å². The molecule has 300 valence electrons. The molecule has 2 aliphatic heterocycles. The molecule has 3 rings (SSSR count). The summed E-state index contributed by atoms with van der Waals surface area (Å²) in [4.78, 5) is 53.6. The van der Waals surface area contributed by atoms with E-state index in [1.165, 1.54) is 45.2 Å². The molecule has 14 atom stereocenters. The molecule has 0 bridgehead atoms. The van der Waals surface area contributed by atoms with E-state index in [9.17, 15) is 39.8 Å². The van der Waals surface area contributed by atoms with Crippen LogP contribution >= 0.6 is 0 Å². The van der Waals surface area contributed by atoms with E-state index < -0.39 is 95.1 Å². The van der Waals surface area contributed by atoms with Gasteiger partial charge in [0.1, 0.15) is 30.5 Å². The first-order chi connectivity index (χ1) is 24.7. The molecular formula is C37H59N3O13. The van der Waals surface area contributed by atoms with Gasteiger partial charge in [-0.15, -0.1) is 0 Å².